The van der Waals surface area contributed by atoms with Crippen LogP contribution in [0.4, 0.5) is 24.7 Å². The number of carbonyl (C=O) groups excluding carboxylic acids is 1. The standard InChI is InChI=1S/C11H8ClF3N4O/c12-7-2-1-5(16)3-6(7)10(20)17-9-4-8(18-19-9)11(13,14)15/h1-4H,16H2,(H2,17,18,19,20). The van der Waals surface area contributed by atoms with Crippen molar-refractivity contribution in [1.29, 1.82) is 0 Å². The van der Waals surface area contributed by atoms with Crippen LogP contribution < -0.4 is 11.1 Å². The van der Waals surface area contributed by atoms with Crippen molar-refractivity contribution in [2.45, 2.75) is 6.18 Å². The number of aromatic nitrogens is 2. The van der Waals surface area contributed by atoms with Crippen molar-refractivity contribution < 1.29 is 18.0 Å². The molecule has 0 radical (unpaired) electrons. The molecule has 0 saturated carbocycles. The molecular formula is C11H8ClF3N4O. The monoisotopic (exact) mass is 304 g/mol. The number of carbonyl (C=O) groups is 1. The maximum absolute atomic E-state index is 12.4. The quantitative estimate of drug-likeness (QED) is 0.746. The van der Waals surface area contributed by atoms with Crippen LogP contribution in [0.1, 0.15) is 16.1 Å². The molecule has 0 aliphatic rings. The van der Waals surface area contributed by atoms with Crippen molar-refractivity contribution >= 4 is 29.0 Å². The number of rotatable bonds is 2. The fraction of sp³-hybridized carbons (Fsp3) is 0.0909. The third kappa shape index (κ3) is 3.02. The second kappa shape index (κ2) is 5.04. The number of amides is 1. The van der Waals surface area contributed by atoms with Gasteiger partial charge in [-0.15, -0.1) is 0 Å². The molecule has 9 heteroatoms. The summed E-state index contributed by atoms with van der Waals surface area (Å²) in [6.07, 6.45) is -4.56. The Hall–Kier alpha value is -2.22. The lowest BCUT2D eigenvalue weighted by molar-refractivity contribution is -0.141. The predicted octanol–water partition coefficient (Wildman–Crippen LogP) is 2.92. The van der Waals surface area contributed by atoms with E-state index in [0.717, 1.165) is 0 Å². The average Bonchev–Trinajstić information content (AvgIpc) is 2.80. The van der Waals surface area contributed by atoms with Crippen LogP contribution in [-0.2, 0) is 6.18 Å². The molecule has 2 rings (SSSR count). The zero-order valence-electron chi connectivity index (χ0n) is 9.75. The lowest BCUT2D eigenvalue weighted by Gasteiger charge is -2.05. The van der Waals surface area contributed by atoms with E-state index in [1.807, 2.05) is 0 Å². The van der Waals surface area contributed by atoms with Gasteiger partial charge in [-0.3, -0.25) is 9.89 Å². The highest BCUT2D eigenvalue weighted by Gasteiger charge is 2.33. The van der Waals surface area contributed by atoms with E-state index in [0.29, 0.717) is 11.8 Å². The minimum absolute atomic E-state index is 0.0447. The van der Waals surface area contributed by atoms with Crippen molar-refractivity contribution in [3.8, 4) is 0 Å². The van der Waals surface area contributed by atoms with Crippen LogP contribution in [0.25, 0.3) is 0 Å². The smallest absolute Gasteiger partial charge is 0.399 e. The molecule has 1 aromatic heterocycles. The number of alkyl halides is 3. The molecule has 0 aliphatic carbocycles. The van der Waals surface area contributed by atoms with E-state index in [2.05, 4.69) is 10.4 Å². The molecule has 1 aromatic carbocycles. The topological polar surface area (TPSA) is 83.8 Å². The first-order chi connectivity index (χ1) is 9.27. The number of nitrogen functional groups attached to an aromatic ring is 1. The van der Waals surface area contributed by atoms with Gasteiger partial charge in [0.25, 0.3) is 5.91 Å². The van der Waals surface area contributed by atoms with Gasteiger partial charge in [-0.05, 0) is 18.2 Å². The van der Waals surface area contributed by atoms with Gasteiger partial charge in [0.2, 0.25) is 0 Å². The van der Waals surface area contributed by atoms with Gasteiger partial charge in [0.1, 0.15) is 5.69 Å². The third-order valence-electron chi connectivity index (χ3n) is 2.36. The van der Waals surface area contributed by atoms with Crippen molar-refractivity contribution in [3.63, 3.8) is 0 Å². The molecule has 106 valence electrons. The molecule has 20 heavy (non-hydrogen) atoms. The van der Waals surface area contributed by atoms with Crippen molar-refractivity contribution in [1.82, 2.24) is 10.2 Å². The Labute approximate surface area is 115 Å². The molecule has 0 spiro atoms. The largest absolute Gasteiger partial charge is 0.432 e. The van der Waals surface area contributed by atoms with E-state index in [9.17, 15) is 18.0 Å². The summed E-state index contributed by atoms with van der Waals surface area (Å²) in [6, 6.07) is 4.90. The number of halogens is 4. The summed E-state index contributed by atoms with van der Waals surface area (Å²) in [5, 5.41) is 7.46. The molecule has 0 unspecified atom stereocenters. The van der Waals surface area contributed by atoms with Crippen molar-refractivity contribution in [2.24, 2.45) is 0 Å². The molecule has 0 bridgehead atoms. The summed E-state index contributed by atoms with van der Waals surface area (Å²) < 4.78 is 37.1. The summed E-state index contributed by atoms with van der Waals surface area (Å²) in [5.41, 5.74) is 4.80. The van der Waals surface area contributed by atoms with E-state index in [-0.39, 0.29) is 16.4 Å². The molecule has 0 atom stereocenters. The average molecular weight is 305 g/mol. The Bertz CT molecular complexity index is 653. The summed E-state index contributed by atoms with van der Waals surface area (Å²) in [4.78, 5) is 11.9. The maximum atomic E-state index is 12.4. The lowest BCUT2D eigenvalue weighted by atomic mass is 10.2. The van der Waals surface area contributed by atoms with E-state index < -0.39 is 17.8 Å². The fourth-order valence-corrected chi connectivity index (χ4v) is 1.63. The number of hydrogen-bond acceptors (Lipinski definition) is 3. The number of hydrogen-bond donors (Lipinski definition) is 3. The van der Waals surface area contributed by atoms with Crippen LogP contribution in [0.15, 0.2) is 24.3 Å². The molecule has 4 N–H and O–H groups in total. The highest BCUT2D eigenvalue weighted by Crippen LogP contribution is 2.29. The molecule has 1 amide bonds. The third-order valence-corrected chi connectivity index (χ3v) is 2.69. The lowest BCUT2D eigenvalue weighted by Crippen LogP contribution is -2.13. The first-order valence-electron chi connectivity index (χ1n) is 5.26. The van der Waals surface area contributed by atoms with Crippen molar-refractivity contribution in [3.05, 3.63) is 40.5 Å². The van der Waals surface area contributed by atoms with Gasteiger partial charge in [-0.2, -0.15) is 18.3 Å². The molecular weight excluding hydrogens is 297 g/mol. The minimum atomic E-state index is -4.56. The van der Waals surface area contributed by atoms with Crippen LogP contribution in [0.5, 0.6) is 0 Å². The summed E-state index contributed by atoms with van der Waals surface area (Å²) >= 11 is 5.81. The first kappa shape index (κ1) is 14.2. The molecule has 0 aliphatic heterocycles. The van der Waals surface area contributed by atoms with Gasteiger partial charge >= 0.3 is 6.18 Å². The predicted molar refractivity (Wildman–Crippen MR) is 67.4 cm³/mol. The minimum Gasteiger partial charge on any atom is -0.399 e. The molecule has 0 fully saturated rings. The van der Waals surface area contributed by atoms with E-state index in [1.54, 1.807) is 5.10 Å². The number of anilines is 2. The van der Waals surface area contributed by atoms with Crippen LogP contribution in [0, 0.1) is 0 Å². The summed E-state index contributed by atoms with van der Waals surface area (Å²) in [5.74, 6) is -0.969. The van der Waals surface area contributed by atoms with E-state index in [4.69, 9.17) is 17.3 Å². The van der Waals surface area contributed by atoms with E-state index in [1.165, 1.54) is 18.2 Å². The zero-order valence-corrected chi connectivity index (χ0v) is 10.5. The van der Waals surface area contributed by atoms with Crippen molar-refractivity contribution in [2.75, 3.05) is 11.1 Å². The van der Waals surface area contributed by atoms with Gasteiger partial charge in [0, 0.05) is 11.8 Å². The highest BCUT2D eigenvalue weighted by molar-refractivity contribution is 6.34. The Balaban J connectivity index is 2.20. The Morgan fingerprint density at radius 3 is 2.65 bits per heavy atom. The van der Waals surface area contributed by atoms with Gasteiger partial charge in [-0.25, -0.2) is 0 Å². The number of aromatic amines is 1. The maximum Gasteiger partial charge on any atom is 0.432 e. The van der Waals surface area contributed by atoms with E-state index >= 15 is 0 Å². The Morgan fingerprint density at radius 1 is 1.35 bits per heavy atom. The number of nitrogens with one attached hydrogen (secondary N) is 2. The van der Waals surface area contributed by atoms with Gasteiger partial charge in [-0.1, -0.05) is 11.6 Å². The number of nitrogens with zero attached hydrogens (tertiary/aromatic N) is 1. The second-order valence-electron chi connectivity index (χ2n) is 3.86. The van der Waals surface area contributed by atoms with Crippen LogP contribution in [0.3, 0.4) is 0 Å². The molecule has 0 saturated heterocycles. The molecule has 2 aromatic rings. The Morgan fingerprint density at radius 2 is 2.05 bits per heavy atom. The molecule has 5 nitrogen and oxygen atoms in total. The summed E-state index contributed by atoms with van der Waals surface area (Å²) in [6.45, 7) is 0. The first-order valence-corrected chi connectivity index (χ1v) is 5.64. The van der Waals surface area contributed by atoms with Gasteiger partial charge in [0.15, 0.2) is 5.82 Å². The van der Waals surface area contributed by atoms with Gasteiger partial charge < -0.3 is 11.1 Å². The van der Waals surface area contributed by atoms with Crippen LogP contribution in [-0.4, -0.2) is 16.1 Å². The number of nitrogens with two attached hydrogens (primary N) is 1. The number of benzene rings is 1. The summed E-state index contributed by atoms with van der Waals surface area (Å²) in [7, 11) is 0. The number of H-pyrrole nitrogens is 1. The Kier molecular flexibility index (Phi) is 3.58. The van der Waals surface area contributed by atoms with Crippen LogP contribution >= 0.6 is 11.6 Å². The molecule has 1 heterocycles. The van der Waals surface area contributed by atoms with Gasteiger partial charge in [0.05, 0.1) is 10.6 Å². The zero-order chi connectivity index (χ0) is 14.9. The fourth-order valence-electron chi connectivity index (χ4n) is 1.43. The second-order valence-corrected chi connectivity index (χ2v) is 4.27. The normalized spacial score (nSPS) is 11.4. The highest BCUT2D eigenvalue weighted by atomic mass is 35.5. The SMILES string of the molecule is Nc1ccc(Cl)c(C(=O)Nc2cc(C(F)(F)F)[nH]n2)c1. The van der Waals surface area contributed by atoms with Crippen LogP contribution in [0.2, 0.25) is 5.02 Å².